The molecule has 9 heteroatoms. The van der Waals surface area contributed by atoms with Gasteiger partial charge in [-0.05, 0) is 72.1 Å². The van der Waals surface area contributed by atoms with E-state index in [-0.39, 0.29) is 4.90 Å². The Morgan fingerprint density at radius 1 is 1.10 bits per heavy atom. The summed E-state index contributed by atoms with van der Waals surface area (Å²) in [6.45, 7) is 0. The Morgan fingerprint density at radius 3 is 2.20 bits per heavy atom. The van der Waals surface area contributed by atoms with E-state index < -0.39 is 10.0 Å². The maximum atomic E-state index is 12.4. The molecule has 5 nitrogen and oxygen atoms in total. The molecule has 3 N–H and O–H groups in total. The number of benzene rings is 1. The lowest BCUT2D eigenvalue weighted by Gasteiger charge is -2.12. The topological polar surface area (TPSA) is 85.1 Å². The summed E-state index contributed by atoms with van der Waals surface area (Å²) >= 11 is 9.60. The van der Waals surface area contributed by atoms with Crippen molar-refractivity contribution in [2.45, 2.75) is 4.90 Å². The maximum absolute atomic E-state index is 12.4. The van der Waals surface area contributed by atoms with Gasteiger partial charge in [0.2, 0.25) is 0 Å². The molecule has 20 heavy (non-hydrogen) atoms. The largest absolute Gasteiger partial charge is 0.399 e. The van der Waals surface area contributed by atoms with Crippen LogP contribution in [0.4, 0.5) is 11.4 Å². The van der Waals surface area contributed by atoms with Crippen LogP contribution in [0.3, 0.4) is 0 Å². The van der Waals surface area contributed by atoms with Gasteiger partial charge in [0.25, 0.3) is 10.0 Å². The summed E-state index contributed by atoms with van der Waals surface area (Å²) in [6.07, 6.45) is 1.42. The zero-order valence-corrected chi connectivity index (χ0v) is 15.3. The number of anilines is 2. The first-order valence-electron chi connectivity index (χ1n) is 5.18. The van der Waals surface area contributed by atoms with Gasteiger partial charge >= 0.3 is 0 Å². The first-order chi connectivity index (χ1) is 9.29. The molecule has 0 aliphatic carbocycles. The van der Waals surface area contributed by atoms with E-state index in [1.54, 1.807) is 12.1 Å². The number of aromatic nitrogens is 1. The van der Waals surface area contributed by atoms with Crippen molar-refractivity contribution in [3.8, 4) is 0 Å². The van der Waals surface area contributed by atoms with Crippen LogP contribution in [-0.4, -0.2) is 13.4 Å². The highest BCUT2D eigenvalue weighted by Crippen LogP contribution is 2.33. The minimum atomic E-state index is -3.76. The van der Waals surface area contributed by atoms with Crippen LogP contribution in [0.2, 0.25) is 0 Å². The molecule has 0 unspecified atom stereocenters. The van der Waals surface area contributed by atoms with Crippen LogP contribution < -0.4 is 10.5 Å². The predicted molar refractivity (Wildman–Crippen MR) is 89.0 cm³/mol. The Balaban J connectivity index is 2.43. The molecule has 0 aliphatic rings. The quantitative estimate of drug-likeness (QED) is 0.512. The van der Waals surface area contributed by atoms with Crippen molar-refractivity contribution >= 4 is 69.2 Å². The highest BCUT2D eigenvalue weighted by Gasteiger charge is 2.22. The number of halogens is 3. The molecule has 1 aromatic carbocycles. The summed E-state index contributed by atoms with van der Waals surface area (Å²) in [6, 6.07) is 6.30. The Morgan fingerprint density at radius 2 is 1.70 bits per heavy atom. The molecule has 0 saturated carbocycles. The lowest BCUT2D eigenvalue weighted by molar-refractivity contribution is 0.600. The Kier molecular flexibility index (Phi) is 4.73. The van der Waals surface area contributed by atoms with Crippen LogP contribution in [0.1, 0.15) is 0 Å². The van der Waals surface area contributed by atoms with Gasteiger partial charge < -0.3 is 5.73 Å². The van der Waals surface area contributed by atoms with Gasteiger partial charge in [0.1, 0.15) is 9.50 Å². The third-order valence-electron chi connectivity index (χ3n) is 2.27. The average Bonchev–Trinajstić information content (AvgIpc) is 2.30. The number of hydrogen-bond donors (Lipinski definition) is 2. The van der Waals surface area contributed by atoms with Crippen molar-refractivity contribution in [1.29, 1.82) is 0 Å². The monoisotopic (exact) mass is 483 g/mol. The predicted octanol–water partition coefficient (Wildman–Crippen LogP) is 3.75. The standard InChI is InChI=1S/C11H8Br3N3O2S/c12-8-3-6(15)4-9(13)11(8)20(18,19)17-7-1-2-10(14)16-5-7/h1-5,17H,15H2. The number of sulfonamides is 1. The fraction of sp³-hybridized carbons (Fsp3) is 0. The molecule has 2 rings (SSSR count). The van der Waals surface area contributed by atoms with Gasteiger partial charge in [0, 0.05) is 14.6 Å². The first-order valence-corrected chi connectivity index (χ1v) is 9.05. The van der Waals surface area contributed by atoms with Gasteiger partial charge in [-0.25, -0.2) is 13.4 Å². The molecular formula is C11H8Br3N3O2S. The molecule has 2 aromatic rings. The highest BCUT2D eigenvalue weighted by atomic mass is 79.9. The fourth-order valence-corrected chi connectivity index (χ4v) is 5.38. The van der Waals surface area contributed by atoms with Crippen LogP contribution >= 0.6 is 47.8 Å². The minimum absolute atomic E-state index is 0.0784. The van der Waals surface area contributed by atoms with E-state index >= 15 is 0 Å². The van der Waals surface area contributed by atoms with E-state index in [2.05, 4.69) is 57.5 Å². The van der Waals surface area contributed by atoms with Crippen molar-refractivity contribution in [2.75, 3.05) is 10.5 Å². The third kappa shape index (κ3) is 3.51. The SMILES string of the molecule is Nc1cc(Br)c(S(=O)(=O)Nc2ccc(Br)nc2)c(Br)c1. The van der Waals surface area contributed by atoms with Gasteiger partial charge in [-0.15, -0.1) is 0 Å². The molecule has 0 saturated heterocycles. The van der Waals surface area contributed by atoms with Crippen LogP contribution in [0.15, 0.2) is 48.9 Å². The normalized spacial score (nSPS) is 11.3. The second kappa shape index (κ2) is 6.00. The van der Waals surface area contributed by atoms with E-state index in [0.29, 0.717) is 24.9 Å². The summed E-state index contributed by atoms with van der Waals surface area (Å²) < 4.78 is 28.6. The second-order valence-electron chi connectivity index (χ2n) is 3.79. The van der Waals surface area contributed by atoms with Gasteiger partial charge in [0.15, 0.2) is 0 Å². The van der Waals surface area contributed by atoms with E-state index in [9.17, 15) is 8.42 Å². The van der Waals surface area contributed by atoms with E-state index in [0.717, 1.165) is 0 Å². The molecule has 106 valence electrons. The summed E-state index contributed by atoms with van der Waals surface area (Å²) in [5.74, 6) is 0. The molecule has 1 aromatic heterocycles. The van der Waals surface area contributed by atoms with Crippen molar-refractivity contribution in [3.05, 3.63) is 44.0 Å². The number of nitrogen functional groups attached to an aromatic ring is 1. The van der Waals surface area contributed by atoms with Crippen molar-refractivity contribution in [2.24, 2.45) is 0 Å². The summed E-state index contributed by atoms with van der Waals surface area (Å²) in [5.41, 5.74) is 6.47. The average molecular weight is 486 g/mol. The zero-order chi connectivity index (χ0) is 14.9. The smallest absolute Gasteiger partial charge is 0.264 e. The summed E-state index contributed by atoms with van der Waals surface area (Å²) in [5, 5.41) is 0. The molecule has 0 spiro atoms. The number of hydrogen-bond acceptors (Lipinski definition) is 4. The van der Waals surface area contributed by atoms with E-state index in [4.69, 9.17) is 5.73 Å². The number of pyridine rings is 1. The minimum Gasteiger partial charge on any atom is -0.399 e. The summed E-state index contributed by atoms with van der Waals surface area (Å²) in [7, 11) is -3.76. The van der Waals surface area contributed by atoms with Crippen LogP contribution in [-0.2, 0) is 10.0 Å². The Hall–Kier alpha value is -0.640. The van der Waals surface area contributed by atoms with Crippen LogP contribution in [0.25, 0.3) is 0 Å². The molecule has 1 heterocycles. The number of nitrogens with zero attached hydrogens (tertiary/aromatic N) is 1. The lowest BCUT2D eigenvalue weighted by Crippen LogP contribution is -2.14. The molecule has 0 amide bonds. The van der Waals surface area contributed by atoms with E-state index in [1.165, 1.54) is 18.3 Å². The van der Waals surface area contributed by atoms with Gasteiger partial charge in [0.05, 0.1) is 11.9 Å². The van der Waals surface area contributed by atoms with Gasteiger partial charge in [-0.2, -0.15) is 0 Å². The number of nitrogens with two attached hydrogens (primary N) is 1. The van der Waals surface area contributed by atoms with Crippen LogP contribution in [0.5, 0.6) is 0 Å². The lowest BCUT2D eigenvalue weighted by atomic mass is 10.3. The number of nitrogens with one attached hydrogen (secondary N) is 1. The second-order valence-corrected chi connectivity index (χ2v) is 7.93. The van der Waals surface area contributed by atoms with Gasteiger partial charge in [-0.1, -0.05) is 0 Å². The third-order valence-corrected chi connectivity index (χ3v) is 6.00. The zero-order valence-electron chi connectivity index (χ0n) is 9.77. The first kappa shape index (κ1) is 15.7. The molecule has 0 radical (unpaired) electrons. The molecule has 0 aliphatic heterocycles. The van der Waals surface area contributed by atoms with Gasteiger partial charge in [-0.3, -0.25) is 4.72 Å². The van der Waals surface area contributed by atoms with Crippen molar-refractivity contribution in [1.82, 2.24) is 4.98 Å². The van der Waals surface area contributed by atoms with Crippen molar-refractivity contribution in [3.63, 3.8) is 0 Å². The fourth-order valence-electron chi connectivity index (χ4n) is 1.48. The number of rotatable bonds is 3. The van der Waals surface area contributed by atoms with E-state index in [1.807, 2.05) is 0 Å². The molecule has 0 atom stereocenters. The molecule has 0 fully saturated rings. The molecule has 0 bridgehead atoms. The van der Waals surface area contributed by atoms with Crippen molar-refractivity contribution < 1.29 is 8.42 Å². The molecular weight excluding hydrogens is 478 g/mol. The maximum Gasteiger partial charge on any atom is 0.264 e. The Labute approximate surface area is 141 Å². The Bertz CT molecular complexity index is 725. The highest BCUT2D eigenvalue weighted by molar-refractivity contribution is 9.11. The summed E-state index contributed by atoms with van der Waals surface area (Å²) in [4.78, 5) is 4.04. The van der Waals surface area contributed by atoms with Crippen LogP contribution in [0, 0.1) is 0 Å².